The fraction of sp³-hybridized carbons (Fsp3) is 0.467. The number of carbonyl (C=O) groups is 1. The highest BCUT2D eigenvalue weighted by Crippen LogP contribution is 2.43. The SMILES string of the molecule is CC1(C(=O)Nc2ccc([N+](=O)[O-])c(C(F)(F)F)c2)CN=C(C(F)(F)C(F)(F)F)C1. The summed E-state index contributed by atoms with van der Waals surface area (Å²) in [5.41, 5.74) is -6.95. The number of nitrogens with zero attached hydrogens (tertiary/aromatic N) is 2. The molecule has 29 heavy (non-hydrogen) atoms. The third kappa shape index (κ3) is 4.29. The molecular weight excluding hydrogens is 422 g/mol. The number of benzene rings is 1. The number of hydrogen-bond acceptors (Lipinski definition) is 4. The van der Waals surface area contributed by atoms with Gasteiger partial charge in [-0.1, -0.05) is 0 Å². The van der Waals surface area contributed by atoms with Gasteiger partial charge in [0, 0.05) is 18.2 Å². The lowest BCUT2D eigenvalue weighted by molar-refractivity contribution is -0.388. The Hall–Kier alpha value is -2.80. The van der Waals surface area contributed by atoms with Crippen LogP contribution in [0.15, 0.2) is 23.2 Å². The molecule has 1 aliphatic heterocycles. The first-order chi connectivity index (χ1) is 13.0. The van der Waals surface area contributed by atoms with Crippen LogP contribution < -0.4 is 5.32 Å². The number of hydrogen-bond donors (Lipinski definition) is 1. The summed E-state index contributed by atoms with van der Waals surface area (Å²) in [6.45, 7) is 0.264. The van der Waals surface area contributed by atoms with Crippen LogP contribution in [0.2, 0.25) is 0 Å². The minimum absolute atomic E-state index is 0.264. The van der Waals surface area contributed by atoms with Crippen molar-refractivity contribution in [2.45, 2.75) is 31.6 Å². The molecule has 6 nitrogen and oxygen atoms in total. The minimum Gasteiger partial charge on any atom is -0.326 e. The van der Waals surface area contributed by atoms with Crippen molar-refractivity contribution < 1.29 is 44.8 Å². The van der Waals surface area contributed by atoms with Crippen LogP contribution in [0.5, 0.6) is 0 Å². The maximum atomic E-state index is 13.4. The van der Waals surface area contributed by atoms with Crippen LogP contribution >= 0.6 is 0 Å². The van der Waals surface area contributed by atoms with Crippen LogP contribution in [-0.4, -0.2) is 35.2 Å². The molecule has 1 amide bonds. The van der Waals surface area contributed by atoms with Crippen LogP contribution in [-0.2, 0) is 11.0 Å². The van der Waals surface area contributed by atoms with Crippen LogP contribution in [0.4, 0.5) is 46.5 Å². The monoisotopic (exact) mass is 433 g/mol. The maximum absolute atomic E-state index is 13.4. The molecule has 0 aromatic heterocycles. The first kappa shape index (κ1) is 22.5. The smallest absolute Gasteiger partial charge is 0.326 e. The Morgan fingerprint density at radius 1 is 1.17 bits per heavy atom. The van der Waals surface area contributed by atoms with Crippen LogP contribution in [0.3, 0.4) is 0 Å². The molecule has 1 aromatic carbocycles. The average Bonchev–Trinajstić information content (AvgIpc) is 2.97. The maximum Gasteiger partial charge on any atom is 0.459 e. The van der Waals surface area contributed by atoms with E-state index in [-0.39, 0.29) is 6.07 Å². The summed E-state index contributed by atoms with van der Waals surface area (Å²) in [6.07, 6.45) is -12.1. The molecule has 1 atom stereocenters. The van der Waals surface area contributed by atoms with Gasteiger partial charge < -0.3 is 5.32 Å². The summed E-state index contributed by atoms with van der Waals surface area (Å²) in [4.78, 5) is 24.8. The van der Waals surface area contributed by atoms with Gasteiger partial charge in [-0.05, 0) is 19.1 Å². The largest absolute Gasteiger partial charge is 0.459 e. The summed E-state index contributed by atoms with van der Waals surface area (Å²) >= 11 is 0. The molecule has 0 spiro atoms. The molecule has 0 bridgehead atoms. The van der Waals surface area contributed by atoms with E-state index in [0.717, 1.165) is 13.0 Å². The van der Waals surface area contributed by atoms with Gasteiger partial charge in [-0.2, -0.15) is 35.1 Å². The number of nitro benzene ring substituents is 1. The number of nitrogens with one attached hydrogen (secondary N) is 1. The number of aliphatic imine (C=N–C) groups is 1. The van der Waals surface area contributed by atoms with E-state index in [2.05, 4.69) is 4.99 Å². The van der Waals surface area contributed by atoms with Crippen molar-refractivity contribution >= 4 is 23.0 Å². The van der Waals surface area contributed by atoms with Crippen LogP contribution in [0.25, 0.3) is 0 Å². The van der Waals surface area contributed by atoms with Crippen molar-refractivity contribution in [3.8, 4) is 0 Å². The van der Waals surface area contributed by atoms with Gasteiger partial charge in [0.15, 0.2) is 0 Å². The number of halogens is 8. The molecule has 1 heterocycles. The summed E-state index contributed by atoms with van der Waals surface area (Å²) in [6, 6.07) is 1.52. The standard InChI is InChI=1S/C15H11F8N3O3/c1-12(5-10(24-6-12)13(16,17)15(21,22)23)11(27)25-7-2-3-9(26(28)29)8(4-7)14(18,19)20/h2-4H,5-6H2,1H3,(H,25,27). The fourth-order valence-corrected chi connectivity index (χ4v) is 2.56. The predicted molar refractivity (Wildman–Crippen MR) is 82.8 cm³/mol. The zero-order chi connectivity index (χ0) is 22.4. The minimum atomic E-state index is -5.92. The molecule has 160 valence electrons. The molecule has 1 N–H and O–H groups in total. The Bertz CT molecular complexity index is 879. The lowest BCUT2D eigenvalue weighted by Gasteiger charge is -2.24. The van der Waals surface area contributed by atoms with Crippen LogP contribution in [0.1, 0.15) is 18.9 Å². The second-order valence-electron chi connectivity index (χ2n) is 6.51. The van der Waals surface area contributed by atoms with Crippen molar-refractivity contribution in [2.24, 2.45) is 10.4 Å². The number of anilines is 1. The van der Waals surface area contributed by atoms with Crippen molar-refractivity contribution in [3.63, 3.8) is 0 Å². The van der Waals surface area contributed by atoms with Gasteiger partial charge in [-0.3, -0.25) is 19.9 Å². The van der Waals surface area contributed by atoms with E-state index in [1.807, 2.05) is 5.32 Å². The molecule has 0 saturated heterocycles. The van der Waals surface area contributed by atoms with Gasteiger partial charge in [0.2, 0.25) is 5.91 Å². The van der Waals surface area contributed by atoms with E-state index >= 15 is 0 Å². The molecule has 0 fully saturated rings. The molecule has 1 aromatic rings. The first-order valence-corrected chi connectivity index (χ1v) is 7.64. The van der Waals surface area contributed by atoms with Crippen LogP contribution in [0, 0.1) is 15.5 Å². The normalized spacial score (nSPS) is 20.4. The lowest BCUT2D eigenvalue weighted by Crippen LogP contribution is -2.45. The van der Waals surface area contributed by atoms with Gasteiger partial charge in [0.25, 0.3) is 5.69 Å². The van der Waals surface area contributed by atoms with Gasteiger partial charge in [0.05, 0.1) is 22.6 Å². The Morgan fingerprint density at radius 3 is 2.24 bits per heavy atom. The highest BCUT2D eigenvalue weighted by molar-refractivity contribution is 6.03. The molecule has 0 saturated carbocycles. The fourth-order valence-electron chi connectivity index (χ4n) is 2.56. The number of carbonyl (C=O) groups excluding carboxylic acids is 1. The molecule has 14 heteroatoms. The lowest BCUT2D eigenvalue weighted by atomic mass is 9.85. The third-order valence-electron chi connectivity index (χ3n) is 4.20. The van der Waals surface area contributed by atoms with E-state index in [9.17, 15) is 50.0 Å². The second-order valence-corrected chi connectivity index (χ2v) is 6.51. The van der Waals surface area contributed by atoms with Gasteiger partial charge in [0.1, 0.15) is 5.56 Å². The second kappa shape index (κ2) is 6.91. The zero-order valence-corrected chi connectivity index (χ0v) is 14.3. The topological polar surface area (TPSA) is 84.6 Å². The Balaban J connectivity index is 2.25. The van der Waals surface area contributed by atoms with Crippen molar-refractivity contribution in [3.05, 3.63) is 33.9 Å². The number of nitro groups is 1. The third-order valence-corrected chi connectivity index (χ3v) is 4.20. The van der Waals surface area contributed by atoms with E-state index in [0.29, 0.717) is 6.07 Å². The van der Waals surface area contributed by atoms with Crippen molar-refractivity contribution in [1.29, 1.82) is 0 Å². The summed E-state index contributed by atoms with van der Waals surface area (Å²) in [5, 5.41) is 12.7. The van der Waals surface area contributed by atoms with Crippen molar-refractivity contribution in [2.75, 3.05) is 11.9 Å². The van der Waals surface area contributed by atoms with Gasteiger partial charge in [-0.15, -0.1) is 0 Å². The molecule has 0 radical (unpaired) electrons. The Labute approximate surface area is 156 Å². The van der Waals surface area contributed by atoms with E-state index in [1.165, 1.54) is 0 Å². The predicted octanol–water partition coefficient (Wildman–Crippen LogP) is 4.60. The summed E-state index contributed by atoms with van der Waals surface area (Å²) in [7, 11) is 0. The Morgan fingerprint density at radius 2 is 1.76 bits per heavy atom. The number of amides is 1. The molecule has 0 aliphatic carbocycles. The van der Waals surface area contributed by atoms with E-state index < -0.39 is 70.1 Å². The highest BCUT2D eigenvalue weighted by Gasteiger charge is 2.63. The van der Waals surface area contributed by atoms with Gasteiger partial charge in [-0.25, -0.2) is 0 Å². The number of alkyl halides is 8. The first-order valence-electron chi connectivity index (χ1n) is 7.64. The average molecular weight is 433 g/mol. The quantitative estimate of drug-likeness (QED) is 0.428. The van der Waals surface area contributed by atoms with Gasteiger partial charge >= 0.3 is 18.3 Å². The zero-order valence-electron chi connectivity index (χ0n) is 14.3. The molecule has 1 aliphatic rings. The molecule has 2 rings (SSSR count). The molecule has 1 unspecified atom stereocenters. The van der Waals surface area contributed by atoms with Crippen molar-refractivity contribution in [1.82, 2.24) is 0 Å². The summed E-state index contributed by atoms with van der Waals surface area (Å²) in [5.74, 6) is -6.43. The Kier molecular flexibility index (Phi) is 5.36. The van der Waals surface area contributed by atoms with E-state index in [4.69, 9.17) is 0 Å². The highest BCUT2D eigenvalue weighted by atomic mass is 19.4. The van der Waals surface area contributed by atoms with E-state index in [1.54, 1.807) is 0 Å². The molecular formula is C15H11F8N3O3. The summed E-state index contributed by atoms with van der Waals surface area (Å²) < 4.78 is 103. The number of rotatable bonds is 4.